The molecule has 0 aliphatic heterocycles. The van der Waals surface area contributed by atoms with Crippen molar-refractivity contribution in [2.45, 2.75) is 0 Å². The first-order valence-electron chi connectivity index (χ1n) is 19.4. The van der Waals surface area contributed by atoms with Gasteiger partial charge in [0.15, 0.2) is 0 Å². The molecule has 0 aliphatic carbocycles. The molecule has 0 atom stereocenters. The molecule has 1 heteroatoms. The molecular formula is C48H30O. The van der Waals surface area contributed by atoms with E-state index in [1.165, 1.54) is 10.8 Å². The molecule has 0 aliphatic rings. The Bertz CT molecular complexity index is 3150. The third-order valence-electron chi connectivity index (χ3n) is 9.57. The summed E-state index contributed by atoms with van der Waals surface area (Å²) in [6, 6.07) is 47.6. The number of furan rings is 1. The van der Waals surface area contributed by atoms with Crippen molar-refractivity contribution in [1.29, 1.82) is 0 Å². The molecule has 0 amide bonds. The first-order valence-corrected chi connectivity index (χ1v) is 16.4. The zero-order valence-corrected chi connectivity index (χ0v) is 26.3. The molecule has 1 nitrogen and oxygen atoms in total. The minimum atomic E-state index is -0.310. The van der Waals surface area contributed by atoms with Crippen LogP contribution in [0.15, 0.2) is 186 Å². The highest BCUT2D eigenvalue weighted by atomic mass is 16.3. The quantitative estimate of drug-likeness (QED) is 0.177. The van der Waals surface area contributed by atoms with E-state index in [9.17, 15) is 2.74 Å². The number of rotatable bonds is 4. The minimum absolute atomic E-state index is 0.00108. The first kappa shape index (κ1) is 22.2. The summed E-state index contributed by atoms with van der Waals surface area (Å²) in [7, 11) is 0. The van der Waals surface area contributed by atoms with Crippen LogP contribution in [0.25, 0.3) is 98.8 Å². The normalized spacial score (nSPS) is 13.4. The Kier molecular flexibility index (Phi) is 5.02. The second-order valence-electron chi connectivity index (χ2n) is 12.4. The molecule has 49 heavy (non-hydrogen) atoms. The van der Waals surface area contributed by atoms with Crippen molar-refractivity contribution >= 4 is 54.3 Å². The number of hydrogen-bond donors (Lipinski definition) is 0. The third-order valence-corrected chi connectivity index (χ3v) is 9.57. The van der Waals surface area contributed by atoms with E-state index in [0.717, 1.165) is 43.8 Å². The summed E-state index contributed by atoms with van der Waals surface area (Å²) in [6.45, 7) is 0. The molecule has 0 spiro atoms. The van der Waals surface area contributed by atoms with Crippen LogP contribution in [0.3, 0.4) is 0 Å². The van der Waals surface area contributed by atoms with Crippen molar-refractivity contribution in [3.05, 3.63) is 182 Å². The van der Waals surface area contributed by atoms with Gasteiger partial charge < -0.3 is 4.42 Å². The Balaban J connectivity index is 1.28. The summed E-state index contributed by atoms with van der Waals surface area (Å²) in [4.78, 5) is 0. The van der Waals surface area contributed by atoms with Crippen LogP contribution in [0.5, 0.6) is 0 Å². The lowest BCUT2D eigenvalue weighted by molar-refractivity contribution is 0.669. The summed E-state index contributed by atoms with van der Waals surface area (Å²) in [5.74, 6) is 0. The topological polar surface area (TPSA) is 13.1 Å². The Morgan fingerprint density at radius 2 is 0.980 bits per heavy atom. The standard InChI is InChI=1S/C48H30O/c1-2-11-31(12-3-1)37-27-28-44-43(30-37)48-42(19-10-20-45(48)49-44)47-40-17-8-6-15-38(40)46(39-16-7-9-18-41(39)47)34-24-21-33(22-25-34)36-26-23-32-13-4-5-14-35(32)29-36/h1-30H/i10D,19D,20D,27D,28D,30D. The van der Waals surface area contributed by atoms with Crippen molar-refractivity contribution in [2.75, 3.05) is 0 Å². The zero-order valence-electron chi connectivity index (χ0n) is 32.3. The molecule has 228 valence electrons. The van der Waals surface area contributed by atoms with E-state index in [2.05, 4.69) is 72.8 Å². The van der Waals surface area contributed by atoms with Crippen LogP contribution in [0.2, 0.25) is 0 Å². The summed E-state index contributed by atoms with van der Waals surface area (Å²) in [5, 5.41) is 6.55. The van der Waals surface area contributed by atoms with E-state index < -0.39 is 0 Å². The van der Waals surface area contributed by atoms with Gasteiger partial charge in [0.1, 0.15) is 11.2 Å². The van der Waals surface area contributed by atoms with Crippen LogP contribution in [-0.2, 0) is 0 Å². The highest BCUT2D eigenvalue weighted by Gasteiger charge is 2.20. The summed E-state index contributed by atoms with van der Waals surface area (Å²) in [5.41, 5.74) is 6.28. The molecule has 0 unspecified atom stereocenters. The average Bonchev–Trinajstić information content (AvgIpc) is 3.63. The van der Waals surface area contributed by atoms with Gasteiger partial charge in [-0.25, -0.2) is 0 Å². The minimum Gasteiger partial charge on any atom is -0.456 e. The monoisotopic (exact) mass is 628 g/mol. The highest BCUT2D eigenvalue weighted by Crippen LogP contribution is 2.47. The molecule has 0 radical (unpaired) electrons. The van der Waals surface area contributed by atoms with E-state index in [1.54, 1.807) is 0 Å². The van der Waals surface area contributed by atoms with Crippen LogP contribution in [-0.4, -0.2) is 0 Å². The van der Waals surface area contributed by atoms with Crippen LogP contribution in [0, 0.1) is 0 Å². The van der Waals surface area contributed by atoms with E-state index in [0.29, 0.717) is 22.1 Å². The largest absolute Gasteiger partial charge is 0.456 e. The summed E-state index contributed by atoms with van der Waals surface area (Å²) < 4.78 is 61.1. The number of fused-ring (bicyclic) bond motifs is 6. The van der Waals surface area contributed by atoms with Crippen LogP contribution < -0.4 is 0 Å². The lowest BCUT2D eigenvalue weighted by Crippen LogP contribution is -1.91. The molecule has 1 aromatic heterocycles. The fourth-order valence-electron chi connectivity index (χ4n) is 7.30. The predicted molar refractivity (Wildman–Crippen MR) is 208 cm³/mol. The maximum absolute atomic E-state index is 9.53. The molecule has 10 aromatic rings. The third kappa shape index (κ3) is 4.47. The molecule has 10 rings (SSSR count). The molecule has 0 saturated carbocycles. The first-order chi connectivity index (χ1) is 26.8. The van der Waals surface area contributed by atoms with E-state index in [4.69, 9.17) is 9.90 Å². The van der Waals surface area contributed by atoms with Gasteiger partial charge in [0.25, 0.3) is 0 Å². The van der Waals surface area contributed by atoms with E-state index in [-0.39, 0.29) is 58.4 Å². The molecule has 1 heterocycles. The Hall–Kier alpha value is -6.44. The summed E-state index contributed by atoms with van der Waals surface area (Å²) >= 11 is 0. The SMILES string of the molecule is [2H]c1c(-c2ccccc2)c([2H])c2c(oc3c([2H])c([2H])c([2H])c(-c4c5ccccc5c(-c5ccc(-c6ccc7ccccc7c6)cc5)c5ccccc45)c32)c1[2H]. The fraction of sp³-hybridized carbons (Fsp3) is 0. The second kappa shape index (κ2) is 11.1. The highest BCUT2D eigenvalue weighted by molar-refractivity contribution is 6.25. The molecule has 0 saturated heterocycles. The van der Waals surface area contributed by atoms with Crippen LogP contribution in [0.1, 0.15) is 8.22 Å². The molecule has 0 fully saturated rings. The molecule has 9 aromatic carbocycles. The number of hydrogen-bond acceptors (Lipinski definition) is 1. The van der Waals surface area contributed by atoms with Gasteiger partial charge in [0.05, 0.1) is 8.22 Å². The molecule has 0 N–H and O–H groups in total. The van der Waals surface area contributed by atoms with Crippen molar-refractivity contribution < 1.29 is 12.6 Å². The second-order valence-corrected chi connectivity index (χ2v) is 12.4. The predicted octanol–water partition coefficient (Wildman–Crippen LogP) is 13.7. The lowest BCUT2D eigenvalue weighted by Gasteiger charge is -2.18. The zero-order chi connectivity index (χ0) is 37.5. The van der Waals surface area contributed by atoms with Gasteiger partial charge in [-0.15, -0.1) is 0 Å². The van der Waals surface area contributed by atoms with Gasteiger partial charge in [-0.05, 0) is 101 Å². The van der Waals surface area contributed by atoms with Crippen molar-refractivity contribution in [2.24, 2.45) is 0 Å². The number of benzene rings is 9. The summed E-state index contributed by atoms with van der Waals surface area (Å²) in [6.07, 6.45) is 0. The average molecular weight is 629 g/mol. The maximum Gasteiger partial charge on any atom is 0.136 e. The van der Waals surface area contributed by atoms with Gasteiger partial charge in [-0.1, -0.05) is 158 Å². The Labute approximate surface area is 292 Å². The van der Waals surface area contributed by atoms with Gasteiger partial charge >= 0.3 is 0 Å². The van der Waals surface area contributed by atoms with Crippen LogP contribution >= 0.6 is 0 Å². The van der Waals surface area contributed by atoms with Crippen molar-refractivity contribution in [1.82, 2.24) is 0 Å². The Morgan fingerprint density at radius 1 is 0.388 bits per heavy atom. The smallest absolute Gasteiger partial charge is 0.136 e. The van der Waals surface area contributed by atoms with Gasteiger partial charge in [0, 0.05) is 10.8 Å². The van der Waals surface area contributed by atoms with Gasteiger partial charge in [-0.2, -0.15) is 0 Å². The lowest BCUT2D eigenvalue weighted by atomic mass is 9.84. The van der Waals surface area contributed by atoms with Gasteiger partial charge in [-0.3, -0.25) is 0 Å². The van der Waals surface area contributed by atoms with Crippen molar-refractivity contribution in [3.8, 4) is 44.5 Å². The van der Waals surface area contributed by atoms with Crippen molar-refractivity contribution in [3.63, 3.8) is 0 Å². The van der Waals surface area contributed by atoms with E-state index in [1.807, 2.05) is 72.8 Å². The van der Waals surface area contributed by atoms with E-state index >= 15 is 0 Å². The molecular weight excluding hydrogens is 593 g/mol. The fourth-order valence-corrected chi connectivity index (χ4v) is 7.30. The van der Waals surface area contributed by atoms with Crippen LogP contribution in [0.4, 0.5) is 0 Å². The van der Waals surface area contributed by atoms with Gasteiger partial charge in [0.2, 0.25) is 0 Å². The molecule has 0 bridgehead atoms. The maximum atomic E-state index is 9.53. The Morgan fingerprint density at radius 3 is 1.71 bits per heavy atom.